The second-order valence-corrected chi connectivity index (χ2v) is 5.25. The fourth-order valence-corrected chi connectivity index (χ4v) is 2.54. The molecule has 4 nitrogen and oxygen atoms in total. The number of rotatable bonds is 4. The third-order valence-corrected chi connectivity index (χ3v) is 3.71. The molecular formula is C15H21F2N3O. The SMILES string of the molecule is NCCCN1CCCN(C(=O)c2cc(F)ccc2F)CC1. The maximum absolute atomic E-state index is 13.7. The first-order chi connectivity index (χ1) is 10.1. The Kier molecular flexibility index (Phi) is 5.64. The van der Waals surface area contributed by atoms with Crippen LogP contribution >= 0.6 is 0 Å². The molecule has 1 aliphatic heterocycles. The summed E-state index contributed by atoms with van der Waals surface area (Å²) in [6.45, 7) is 4.28. The topological polar surface area (TPSA) is 49.6 Å². The van der Waals surface area contributed by atoms with E-state index >= 15 is 0 Å². The summed E-state index contributed by atoms with van der Waals surface area (Å²) in [4.78, 5) is 16.2. The van der Waals surface area contributed by atoms with Crippen LogP contribution in [0.2, 0.25) is 0 Å². The molecule has 0 radical (unpaired) electrons. The Labute approximate surface area is 123 Å². The predicted octanol–water partition coefficient (Wildman–Crippen LogP) is 1.46. The standard InChI is InChI=1S/C15H21F2N3O/c16-12-3-4-14(17)13(11-12)15(21)20-8-2-7-19(9-10-20)6-1-5-18/h3-4,11H,1-2,5-10,18H2. The average Bonchev–Trinajstić information content (AvgIpc) is 2.72. The lowest BCUT2D eigenvalue weighted by atomic mass is 10.1. The molecule has 0 aliphatic carbocycles. The molecule has 2 N–H and O–H groups in total. The van der Waals surface area contributed by atoms with Gasteiger partial charge in [0.2, 0.25) is 0 Å². The van der Waals surface area contributed by atoms with Gasteiger partial charge in [-0.3, -0.25) is 4.79 Å². The molecule has 0 atom stereocenters. The number of amides is 1. The minimum atomic E-state index is -0.675. The van der Waals surface area contributed by atoms with E-state index in [1.807, 2.05) is 0 Å². The zero-order chi connectivity index (χ0) is 15.2. The lowest BCUT2D eigenvalue weighted by Crippen LogP contribution is -2.36. The quantitative estimate of drug-likeness (QED) is 0.915. The molecule has 1 amide bonds. The van der Waals surface area contributed by atoms with Gasteiger partial charge in [0.1, 0.15) is 11.6 Å². The summed E-state index contributed by atoms with van der Waals surface area (Å²) < 4.78 is 26.9. The smallest absolute Gasteiger partial charge is 0.256 e. The van der Waals surface area contributed by atoms with Crippen molar-refractivity contribution in [1.29, 1.82) is 0 Å². The summed E-state index contributed by atoms with van der Waals surface area (Å²) in [5.41, 5.74) is 5.31. The molecule has 1 aromatic rings. The molecule has 0 aromatic heterocycles. The van der Waals surface area contributed by atoms with Crippen molar-refractivity contribution in [3.8, 4) is 0 Å². The largest absolute Gasteiger partial charge is 0.337 e. The molecule has 116 valence electrons. The molecule has 2 rings (SSSR count). The minimum Gasteiger partial charge on any atom is -0.337 e. The molecule has 1 saturated heterocycles. The third-order valence-electron chi connectivity index (χ3n) is 3.71. The third kappa shape index (κ3) is 4.22. The Balaban J connectivity index is 2.01. The Bertz CT molecular complexity index is 496. The number of carbonyl (C=O) groups excluding carboxylic acids is 1. The fourth-order valence-electron chi connectivity index (χ4n) is 2.54. The van der Waals surface area contributed by atoms with Gasteiger partial charge >= 0.3 is 0 Å². The van der Waals surface area contributed by atoms with Crippen LogP contribution in [-0.4, -0.2) is 55.0 Å². The second-order valence-electron chi connectivity index (χ2n) is 5.25. The highest BCUT2D eigenvalue weighted by molar-refractivity contribution is 5.94. The van der Waals surface area contributed by atoms with Crippen molar-refractivity contribution in [3.05, 3.63) is 35.4 Å². The molecule has 0 saturated carbocycles. The van der Waals surface area contributed by atoms with Crippen LogP contribution in [0.3, 0.4) is 0 Å². The van der Waals surface area contributed by atoms with Crippen molar-refractivity contribution in [2.45, 2.75) is 12.8 Å². The number of hydrogen-bond acceptors (Lipinski definition) is 3. The monoisotopic (exact) mass is 297 g/mol. The van der Waals surface area contributed by atoms with Gasteiger partial charge in [0.05, 0.1) is 5.56 Å². The first kappa shape index (κ1) is 15.9. The van der Waals surface area contributed by atoms with Crippen LogP contribution in [0.25, 0.3) is 0 Å². The van der Waals surface area contributed by atoms with Gasteiger partial charge in [0, 0.05) is 19.6 Å². The molecule has 1 heterocycles. The van der Waals surface area contributed by atoms with Gasteiger partial charge in [-0.05, 0) is 50.7 Å². The molecule has 1 fully saturated rings. The van der Waals surface area contributed by atoms with E-state index in [0.717, 1.165) is 50.7 Å². The van der Waals surface area contributed by atoms with E-state index in [1.165, 1.54) is 0 Å². The maximum atomic E-state index is 13.7. The highest BCUT2D eigenvalue weighted by atomic mass is 19.1. The van der Waals surface area contributed by atoms with Crippen molar-refractivity contribution in [2.24, 2.45) is 5.73 Å². The molecule has 21 heavy (non-hydrogen) atoms. The summed E-state index contributed by atoms with van der Waals surface area (Å²) in [6, 6.07) is 2.98. The van der Waals surface area contributed by atoms with E-state index < -0.39 is 17.5 Å². The van der Waals surface area contributed by atoms with Gasteiger partial charge in [0.25, 0.3) is 5.91 Å². The van der Waals surface area contributed by atoms with E-state index in [1.54, 1.807) is 4.90 Å². The van der Waals surface area contributed by atoms with Gasteiger partial charge in [-0.15, -0.1) is 0 Å². The maximum Gasteiger partial charge on any atom is 0.256 e. The summed E-state index contributed by atoms with van der Waals surface area (Å²) >= 11 is 0. The zero-order valence-electron chi connectivity index (χ0n) is 12.0. The van der Waals surface area contributed by atoms with Crippen LogP contribution in [0.4, 0.5) is 8.78 Å². The highest BCUT2D eigenvalue weighted by Crippen LogP contribution is 2.14. The van der Waals surface area contributed by atoms with Crippen molar-refractivity contribution in [2.75, 3.05) is 39.3 Å². The summed E-state index contributed by atoms with van der Waals surface area (Å²) in [6.07, 6.45) is 1.75. The van der Waals surface area contributed by atoms with Crippen LogP contribution in [0.5, 0.6) is 0 Å². The van der Waals surface area contributed by atoms with Crippen molar-refractivity contribution in [1.82, 2.24) is 9.80 Å². The summed E-state index contributed by atoms with van der Waals surface area (Å²) in [5, 5.41) is 0. The first-order valence-electron chi connectivity index (χ1n) is 7.28. The van der Waals surface area contributed by atoms with E-state index in [2.05, 4.69) is 4.90 Å². The van der Waals surface area contributed by atoms with Crippen LogP contribution in [0, 0.1) is 11.6 Å². The number of nitrogens with two attached hydrogens (primary N) is 1. The number of halogens is 2. The Morgan fingerprint density at radius 3 is 2.76 bits per heavy atom. The normalized spacial score (nSPS) is 16.8. The number of nitrogens with zero attached hydrogens (tertiary/aromatic N) is 2. The van der Waals surface area contributed by atoms with E-state index in [9.17, 15) is 13.6 Å². The molecule has 6 heteroatoms. The number of carbonyl (C=O) groups is 1. The fraction of sp³-hybridized carbons (Fsp3) is 0.533. The van der Waals surface area contributed by atoms with Crippen molar-refractivity contribution < 1.29 is 13.6 Å². The molecule has 0 bridgehead atoms. The number of benzene rings is 1. The highest BCUT2D eigenvalue weighted by Gasteiger charge is 2.22. The van der Waals surface area contributed by atoms with Crippen LogP contribution in [-0.2, 0) is 0 Å². The lowest BCUT2D eigenvalue weighted by Gasteiger charge is -2.22. The van der Waals surface area contributed by atoms with Gasteiger partial charge < -0.3 is 15.5 Å². The van der Waals surface area contributed by atoms with Gasteiger partial charge in [0.15, 0.2) is 0 Å². The van der Waals surface area contributed by atoms with Gasteiger partial charge in [-0.2, -0.15) is 0 Å². The predicted molar refractivity (Wildman–Crippen MR) is 77.0 cm³/mol. The van der Waals surface area contributed by atoms with Crippen molar-refractivity contribution in [3.63, 3.8) is 0 Å². The molecule has 1 aliphatic rings. The minimum absolute atomic E-state index is 0.189. The second kappa shape index (κ2) is 7.47. The van der Waals surface area contributed by atoms with Gasteiger partial charge in [-0.1, -0.05) is 0 Å². The lowest BCUT2D eigenvalue weighted by molar-refractivity contribution is 0.0756. The summed E-state index contributed by atoms with van der Waals surface area (Å²) in [5.74, 6) is -1.71. The number of hydrogen-bond donors (Lipinski definition) is 1. The Morgan fingerprint density at radius 1 is 1.19 bits per heavy atom. The summed E-state index contributed by atoms with van der Waals surface area (Å²) in [7, 11) is 0. The zero-order valence-corrected chi connectivity index (χ0v) is 12.0. The molecule has 1 aromatic carbocycles. The first-order valence-corrected chi connectivity index (χ1v) is 7.28. The van der Waals surface area contributed by atoms with E-state index in [-0.39, 0.29) is 5.56 Å². The van der Waals surface area contributed by atoms with Crippen LogP contribution in [0.1, 0.15) is 23.2 Å². The van der Waals surface area contributed by atoms with Gasteiger partial charge in [-0.25, -0.2) is 8.78 Å². The molecular weight excluding hydrogens is 276 g/mol. The van der Waals surface area contributed by atoms with Crippen LogP contribution < -0.4 is 5.73 Å². The Morgan fingerprint density at radius 2 is 2.00 bits per heavy atom. The van der Waals surface area contributed by atoms with E-state index in [0.29, 0.717) is 19.6 Å². The average molecular weight is 297 g/mol. The van der Waals surface area contributed by atoms with Crippen LogP contribution in [0.15, 0.2) is 18.2 Å². The van der Waals surface area contributed by atoms with E-state index in [4.69, 9.17) is 5.73 Å². The Hall–Kier alpha value is -1.53. The molecule has 0 unspecified atom stereocenters. The van der Waals surface area contributed by atoms with Crippen molar-refractivity contribution >= 4 is 5.91 Å². The molecule has 0 spiro atoms.